The molecule has 1 aliphatic heterocycles. The molecular weight excluding hydrogens is 280 g/mol. The predicted octanol–water partition coefficient (Wildman–Crippen LogP) is 0.267. The van der Waals surface area contributed by atoms with Gasteiger partial charge in [-0.05, 0) is 37.1 Å². The summed E-state index contributed by atoms with van der Waals surface area (Å²) in [6.45, 7) is 4.19. The topological polar surface area (TPSA) is 92.9 Å². The highest BCUT2D eigenvalue weighted by molar-refractivity contribution is 7.89. The number of nitrogens with zero attached hydrogens (tertiary/aromatic N) is 1. The highest BCUT2D eigenvalue weighted by Gasteiger charge is 2.34. The standard InChI is InChI=1S/C13H20N2O4S/c1-9-5-12(6-13(14)10(9)2)20(17,18)15-3-4-19-8-11(15)7-16/h5-6,11,16H,3-4,7-8,14H2,1-2H3. The number of aryl methyl sites for hydroxylation is 1. The largest absolute Gasteiger partial charge is 0.398 e. The van der Waals surface area contributed by atoms with E-state index in [2.05, 4.69) is 0 Å². The molecule has 20 heavy (non-hydrogen) atoms. The number of hydrogen-bond acceptors (Lipinski definition) is 5. The first-order valence-electron chi connectivity index (χ1n) is 6.45. The van der Waals surface area contributed by atoms with Gasteiger partial charge in [0.1, 0.15) is 0 Å². The fourth-order valence-electron chi connectivity index (χ4n) is 2.24. The third kappa shape index (κ3) is 2.67. The van der Waals surface area contributed by atoms with E-state index in [9.17, 15) is 13.5 Å². The van der Waals surface area contributed by atoms with Gasteiger partial charge in [0, 0.05) is 12.2 Å². The number of sulfonamides is 1. The molecule has 1 aliphatic rings. The summed E-state index contributed by atoms with van der Waals surface area (Å²) < 4.78 is 31.9. The third-order valence-corrected chi connectivity index (χ3v) is 5.60. The van der Waals surface area contributed by atoms with E-state index in [4.69, 9.17) is 10.5 Å². The molecule has 112 valence electrons. The second-order valence-corrected chi connectivity index (χ2v) is 6.87. The van der Waals surface area contributed by atoms with Crippen LogP contribution in [0.1, 0.15) is 11.1 Å². The van der Waals surface area contributed by atoms with Crippen LogP contribution in [0.15, 0.2) is 17.0 Å². The Labute approximate surface area is 119 Å². The molecule has 0 radical (unpaired) electrons. The fraction of sp³-hybridized carbons (Fsp3) is 0.538. The SMILES string of the molecule is Cc1cc(S(=O)(=O)N2CCOCC2CO)cc(N)c1C. The van der Waals surface area contributed by atoms with Crippen molar-refractivity contribution >= 4 is 15.7 Å². The van der Waals surface area contributed by atoms with Crippen molar-refractivity contribution in [3.05, 3.63) is 23.3 Å². The van der Waals surface area contributed by atoms with Crippen molar-refractivity contribution in [1.29, 1.82) is 0 Å². The number of benzene rings is 1. The Morgan fingerprint density at radius 3 is 2.75 bits per heavy atom. The highest BCUT2D eigenvalue weighted by atomic mass is 32.2. The predicted molar refractivity (Wildman–Crippen MR) is 75.9 cm³/mol. The molecule has 1 aromatic rings. The number of aliphatic hydroxyl groups excluding tert-OH is 1. The number of anilines is 1. The number of ether oxygens (including phenoxy) is 1. The quantitative estimate of drug-likeness (QED) is 0.782. The van der Waals surface area contributed by atoms with Crippen LogP contribution in [0, 0.1) is 13.8 Å². The van der Waals surface area contributed by atoms with Gasteiger partial charge in [0.25, 0.3) is 0 Å². The average Bonchev–Trinajstić information content (AvgIpc) is 2.44. The summed E-state index contributed by atoms with van der Waals surface area (Å²) in [7, 11) is -3.67. The summed E-state index contributed by atoms with van der Waals surface area (Å²) >= 11 is 0. The van der Waals surface area contributed by atoms with Crippen LogP contribution < -0.4 is 5.73 Å². The first kappa shape index (κ1) is 15.2. The maximum Gasteiger partial charge on any atom is 0.243 e. The first-order valence-corrected chi connectivity index (χ1v) is 7.89. The van der Waals surface area contributed by atoms with Crippen molar-refractivity contribution in [2.24, 2.45) is 0 Å². The van der Waals surface area contributed by atoms with Crippen LogP contribution in [-0.2, 0) is 14.8 Å². The van der Waals surface area contributed by atoms with E-state index in [1.807, 2.05) is 13.8 Å². The van der Waals surface area contributed by atoms with E-state index < -0.39 is 16.1 Å². The van der Waals surface area contributed by atoms with Crippen molar-refractivity contribution in [2.75, 3.05) is 32.1 Å². The van der Waals surface area contributed by atoms with Crippen LogP contribution in [0.4, 0.5) is 5.69 Å². The summed E-state index contributed by atoms with van der Waals surface area (Å²) in [5, 5.41) is 9.31. The summed E-state index contributed by atoms with van der Waals surface area (Å²) in [6, 6.07) is 2.54. The van der Waals surface area contributed by atoms with E-state index >= 15 is 0 Å². The average molecular weight is 300 g/mol. The molecule has 1 saturated heterocycles. The van der Waals surface area contributed by atoms with Crippen molar-refractivity contribution in [3.63, 3.8) is 0 Å². The molecule has 1 fully saturated rings. The minimum absolute atomic E-state index is 0.165. The van der Waals surface area contributed by atoms with Gasteiger partial charge in [-0.2, -0.15) is 4.31 Å². The lowest BCUT2D eigenvalue weighted by Crippen LogP contribution is -2.50. The van der Waals surface area contributed by atoms with Gasteiger partial charge < -0.3 is 15.6 Å². The zero-order chi connectivity index (χ0) is 14.9. The number of rotatable bonds is 3. The van der Waals surface area contributed by atoms with Crippen molar-refractivity contribution in [1.82, 2.24) is 4.31 Å². The molecule has 3 N–H and O–H groups in total. The summed E-state index contributed by atoms with van der Waals surface area (Å²) in [5.74, 6) is 0. The first-order chi connectivity index (χ1) is 9.37. The van der Waals surface area contributed by atoms with Gasteiger partial charge in [-0.15, -0.1) is 0 Å². The molecule has 0 aromatic heterocycles. The Hall–Kier alpha value is -1.15. The van der Waals surface area contributed by atoms with Gasteiger partial charge in [0.2, 0.25) is 10.0 Å². The monoisotopic (exact) mass is 300 g/mol. The summed E-state index contributed by atoms with van der Waals surface area (Å²) in [6.07, 6.45) is 0. The normalized spacial score (nSPS) is 21.1. The Kier molecular flexibility index (Phi) is 4.33. The second kappa shape index (κ2) is 5.69. The minimum atomic E-state index is -3.67. The Bertz CT molecular complexity index is 577. The molecule has 1 unspecified atom stereocenters. The van der Waals surface area contributed by atoms with Crippen molar-refractivity contribution < 1.29 is 18.3 Å². The van der Waals surface area contributed by atoms with Crippen LogP contribution in [0.3, 0.4) is 0 Å². The number of nitrogen functional groups attached to an aromatic ring is 1. The van der Waals surface area contributed by atoms with Crippen LogP contribution in [0.5, 0.6) is 0 Å². The maximum atomic E-state index is 12.7. The summed E-state index contributed by atoms with van der Waals surface area (Å²) in [4.78, 5) is 0.165. The van der Waals surface area contributed by atoms with E-state index in [-0.39, 0.29) is 24.7 Å². The van der Waals surface area contributed by atoms with E-state index in [0.29, 0.717) is 12.3 Å². The van der Waals surface area contributed by atoms with Gasteiger partial charge in [-0.3, -0.25) is 0 Å². The van der Waals surface area contributed by atoms with Crippen molar-refractivity contribution in [2.45, 2.75) is 24.8 Å². The maximum absolute atomic E-state index is 12.7. The number of aliphatic hydroxyl groups is 1. The molecule has 1 heterocycles. The van der Waals surface area contributed by atoms with Crippen LogP contribution in [0.2, 0.25) is 0 Å². The van der Waals surface area contributed by atoms with Crippen LogP contribution in [-0.4, -0.2) is 50.2 Å². The third-order valence-electron chi connectivity index (χ3n) is 3.67. The molecule has 0 amide bonds. The zero-order valence-electron chi connectivity index (χ0n) is 11.7. The smallest absolute Gasteiger partial charge is 0.243 e. The van der Waals surface area contributed by atoms with Gasteiger partial charge in [-0.1, -0.05) is 0 Å². The molecule has 0 aliphatic carbocycles. The van der Waals surface area contributed by atoms with Crippen LogP contribution in [0.25, 0.3) is 0 Å². The van der Waals surface area contributed by atoms with Gasteiger partial charge in [0.15, 0.2) is 0 Å². The molecule has 0 bridgehead atoms. The van der Waals surface area contributed by atoms with Gasteiger partial charge in [0.05, 0.1) is 30.8 Å². The zero-order valence-corrected chi connectivity index (χ0v) is 12.5. The number of nitrogens with two attached hydrogens (primary N) is 1. The Morgan fingerprint density at radius 2 is 2.15 bits per heavy atom. The lowest BCUT2D eigenvalue weighted by atomic mass is 10.1. The van der Waals surface area contributed by atoms with Gasteiger partial charge >= 0.3 is 0 Å². The number of morpholine rings is 1. The van der Waals surface area contributed by atoms with E-state index in [1.54, 1.807) is 6.07 Å². The minimum Gasteiger partial charge on any atom is -0.398 e. The molecule has 0 spiro atoms. The lowest BCUT2D eigenvalue weighted by Gasteiger charge is -2.33. The van der Waals surface area contributed by atoms with Gasteiger partial charge in [-0.25, -0.2) is 8.42 Å². The fourth-order valence-corrected chi connectivity index (χ4v) is 3.94. The van der Waals surface area contributed by atoms with Crippen molar-refractivity contribution in [3.8, 4) is 0 Å². The van der Waals surface area contributed by atoms with E-state index in [1.165, 1.54) is 10.4 Å². The Morgan fingerprint density at radius 1 is 1.45 bits per heavy atom. The highest BCUT2D eigenvalue weighted by Crippen LogP contribution is 2.26. The number of hydrogen-bond donors (Lipinski definition) is 2. The van der Waals surface area contributed by atoms with Crippen LogP contribution >= 0.6 is 0 Å². The molecule has 1 atom stereocenters. The molecule has 2 rings (SSSR count). The molecule has 0 saturated carbocycles. The molecule has 7 heteroatoms. The summed E-state index contributed by atoms with van der Waals surface area (Å²) in [5.41, 5.74) is 8.02. The molecule has 6 nitrogen and oxygen atoms in total. The molecular formula is C13H20N2O4S. The Balaban J connectivity index is 2.44. The second-order valence-electron chi connectivity index (χ2n) is 4.98. The molecule has 1 aromatic carbocycles. The van der Waals surface area contributed by atoms with E-state index in [0.717, 1.165) is 11.1 Å². The lowest BCUT2D eigenvalue weighted by molar-refractivity contribution is 0.0109.